The molecule has 2 aromatic heterocycles. The van der Waals surface area contributed by atoms with Crippen molar-refractivity contribution in [2.45, 2.75) is 12.2 Å². The van der Waals surface area contributed by atoms with Gasteiger partial charge in [0.15, 0.2) is 5.66 Å². The summed E-state index contributed by atoms with van der Waals surface area (Å²) in [5, 5.41) is 0. The average Bonchev–Trinajstić information content (AvgIpc) is 3.46. The predicted molar refractivity (Wildman–Crippen MR) is 107 cm³/mol. The van der Waals surface area contributed by atoms with Crippen LogP contribution in [0.25, 0.3) is 0 Å². The molecule has 2 aliphatic rings. The van der Waals surface area contributed by atoms with Crippen LogP contribution in [-0.2, 0) is 19.3 Å². The molecule has 3 aromatic rings. The Kier molecular flexibility index (Phi) is 3.81. The molecule has 7 nitrogen and oxygen atoms in total. The van der Waals surface area contributed by atoms with Crippen LogP contribution in [0.2, 0.25) is 0 Å². The molecule has 2 aliphatic heterocycles. The number of benzene rings is 1. The molecule has 0 radical (unpaired) electrons. The number of rotatable bonds is 3. The van der Waals surface area contributed by atoms with Crippen LogP contribution in [0.1, 0.15) is 26.5 Å². The lowest BCUT2D eigenvalue weighted by Crippen LogP contribution is -2.60. The van der Waals surface area contributed by atoms with Crippen LogP contribution in [0, 0.1) is 0 Å². The quantitative estimate of drug-likeness (QED) is 0.690. The first-order valence-electron chi connectivity index (χ1n) is 9.61. The summed E-state index contributed by atoms with van der Waals surface area (Å²) in [6, 6.07) is 15.0. The van der Waals surface area contributed by atoms with Crippen molar-refractivity contribution >= 4 is 11.8 Å². The second-order valence-corrected chi connectivity index (χ2v) is 7.48. The number of hydrogen-bond donors (Lipinski definition) is 0. The number of amides is 2. The SMILES string of the molecule is COc1ccc(C23Cn4cccc4C(=O)N2CCN3C(=O)c2cccn2C)cc1. The van der Waals surface area contributed by atoms with Gasteiger partial charge in [-0.3, -0.25) is 9.59 Å². The van der Waals surface area contributed by atoms with Crippen molar-refractivity contribution in [2.75, 3.05) is 20.2 Å². The van der Waals surface area contributed by atoms with Crippen molar-refractivity contribution in [2.24, 2.45) is 7.05 Å². The maximum Gasteiger partial charge on any atom is 0.272 e. The third-order valence-electron chi connectivity index (χ3n) is 6.09. The number of carbonyl (C=O) groups excluding carboxylic acids is 2. The lowest BCUT2D eigenvalue weighted by atomic mass is 9.93. The van der Waals surface area contributed by atoms with Crippen molar-refractivity contribution in [3.05, 3.63) is 77.9 Å². The second-order valence-electron chi connectivity index (χ2n) is 7.48. The van der Waals surface area contributed by atoms with E-state index in [1.165, 1.54) is 0 Å². The molecule has 5 rings (SSSR count). The Morgan fingerprint density at radius 1 is 1.03 bits per heavy atom. The lowest BCUT2D eigenvalue weighted by molar-refractivity contribution is -0.00634. The number of hydrogen-bond acceptors (Lipinski definition) is 3. The number of aryl methyl sites for hydroxylation is 1. The summed E-state index contributed by atoms with van der Waals surface area (Å²) < 4.78 is 9.07. The van der Waals surface area contributed by atoms with Gasteiger partial charge in [-0.05, 0) is 36.4 Å². The second kappa shape index (κ2) is 6.27. The normalized spacial score (nSPS) is 20.6. The number of aromatic nitrogens is 2. The van der Waals surface area contributed by atoms with Crippen molar-refractivity contribution in [3.63, 3.8) is 0 Å². The van der Waals surface area contributed by atoms with Gasteiger partial charge in [-0.1, -0.05) is 12.1 Å². The fourth-order valence-electron chi connectivity index (χ4n) is 4.63. The third kappa shape index (κ3) is 2.36. The lowest BCUT2D eigenvalue weighted by Gasteiger charge is -2.47. The van der Waals surface area contributed by atoms with Crippen LogP contribution >= 0.6 is 0 Å². The maximum absolute atomic E-state index is 13.6. The highest BCUT2D eigenvalue weighted by atomic mass is 16.5. The van der Waals surface area contributed by atoms with Crippen LogP contribution in [0.4, 0.5) is 0 Å². The highest BCUT2D eigenvalue weighted by Crippen LogP contribution is 2.43. The van der Waals surface area contributed by atoms with Gasteiger partial charge in [0.25, 0.3) is 11.8 Å². The van der Waals surface area contributed by atoms with Gasteiger partial charge in [0.1, 0.15) is 17.1 Å². The summed E-state index contributed by atoms with van der Waals surface area (Å²) in [5.74, 6) is 0.595. The van der Waals surface area contributed by atoms with Gasteiger partial charge >= 0.3 is 0 Å². The molecule has 148 valence electrons. The molecule has 29 heavy (non-hydrogen) atoms. The molecule has 0 saturated carbocycles. The van der Waals surface area contributed by atoms with Crippen LogP contribution in [0.5, 0.6) is 5.75 Å². The van der Waals surface area contributed by atoms with E-state index in [2.05, 4.69) is 0 Å². The number of methoxy groups -OCH3 is 1. The van der Waals surface area contributed by atoms with E-state index in [0.717, 1.165) is 11.3 Å². The molecule has 4 heterocycles. The minimum absolute atomic E-state index is 0.0563. The number of fused-ring (bicyclic) bond motifs is 2. The van der Waals surface area contributed by atoms with E-state index in [4.69, 9.17) is 4.74 Å². The van der Waals surface area contributed by atoms with E-state index >= 15 is 0 Å². The van der Waals surface area contributed by atoms with Gasteiger partial charge in [-0.25, -0.2) is 0 Å². The Morgan fingerprint density at radius 2 is 1.79 bits per heavy atom. The van der Waals surface area contributed by atoms with E-state index in [1.807, 2.05) is 86.9 Å². The van der Waals surface area contributed by atoms with Crippen LogP contribution in [-0.4, -0.2) is 50.9 Å². The molecule has 0 bridgehead atoms. The fraction of sp³-hybridized carbons (Fsp3) is 0.273. The minimum Gasteiger partial charge on any atom is -0.497 e. The van der Waals surface area contributed by atoms with Gasteiger partial charge in [0.05, 0.1) is 13.7 Å². The summed E-state index contributed by atoms with van der Waals surface area (Å²) in [6.07, 6.45) is 3.76. The van der Waals surface area contributed by atoms with Gasteiger partial charge < -0.3 is 23.7 Å². The number of nitrogens with zero attached hydrogens (tertiary/aromatic N) is 4. The summed E-state index contributed by atoms with van der Waals surface area (Å²) in [4.78, 5) is 30.6. The molecule has 0 spiro atoms. The highest BCUT2D eigenvalue weighted by Gasteiger charge is 2.56. The van der Waals surface area contributed by atoms with Gasteiger partial charge in [0.2, 0.25) is 0 Å². The van der Waals surface area contributed by atoms with E-state index in [-0.39, 0.29) is 11.8 Å². The Labute approximate surface area is 168 Å². The fourth-order valence-corrected chi connectivity index (χ4v) is 4.63. The first kappa shape index (κ1) is 17.6. The predicted octanol–water partition coefficient (Wildman–Crippen LogP) is 2.30. The van der Waals surface area contributed by atoms with Crippen LogP contribution < -0.4 is 4.74 Å². The standard InChI is InChI=1S/C22H22N4O3/c1-23-11-3-5-18(23)20(27)25-13-14-26-21(28)19-6-4-12-24(19)15-22(25,26)16-7-9-17(29-2)10-8-16/h3-12H,13-15H2,1-2H3. The van der Waals surface area contributed by atoms with Crippen molar-refractivity contribution in [1.82, 2.24) is 18.9 Å². The number of carbonyl (C=O) groups is 2. The van der Waals surface area contributed by atoms with Crippen molar-refractivity contribution < 1.29 is 14.3 Å². The molecule has 7 heteroatoms. The summed E-state index contributed by atoms with van der Waals surface area (Å²) >= 11 is 0. The summed E-state index contributed by atoms with van der Waals surface area (Å²) in [6.45, 7) is 1.46. The Morgan fingerprint density at radius 3 is 2.48 bits per heavy atom. The van der Waals surface area contributed by atoms with Gasteiger partial charge in [0, 0.05) is 38.1 Å². The Bertz CT molecular complexity index is 1100. The molecule has 2 amide bonds. The molecule has 1 saturated heterocycles. The molecule has 1 fully saturated rings. The summed E-state index contributed by atoms with van der Waals surface area (Å²) in [5.41, 5.74) is 1.27. The molecule has 0 N–H and O–H groups in total. The Hall–Kier alpha value is -3.48. The molecular weight excluding hydrogens is 368 g/mol. The van der Waals surface area contributed by atoms with Crippen molar-refractivity contribution in [1.29, 1.82) is 0 Å². The molecule has 1 unspecified atom stereocenters. The maximum atomic E-state index is 13.6. The largest absolute Gasteiger partial charge is 0.497 e. The van der Waals surface area contributed by atoms with E-state index in [1.54, 1.807) is 7.11 Å². The van der Waals surface area contributed by atoms with Crippen molar-refractivity contribution in [3.8, 4) is 5.75 Å². The zero-order valence-corrected chi connectivity index (χ0v) is 16.4. The smallest absolute Gasteiger partial charge is 0.272 e. The van der Waals surface area contributed by atoms with E-state index < -0.39 is 5.66 Å². The Balaban J connectivity index is 1.69. The first-order chi connectivity index (χ1) is 14.1. The third-order valence-corrected chi connectivity index (χ3v) is 6.09. The molecule has 0 aliphatic carbocycles. The zero-order chi connectivity index (χ0) is 20.2. The van der Waals surface area contributed by atoms with E-state index in [9.17, 15) is 9.59 Å². The number of ether oxygens (including phenoxy) is 1. The van der Waals surface area contributed by atoms with Gasteiger partial charge in [-0.2, -0.15) is 0 Å². The average molecular weight is 390 g/mol. The minimum atomic E-state index is -0.878. The molecule has 1 aromatic carbocycles. The van der Waals surface area contributed by atoms with Crippen LogP contribution in [0.3, 0.4) is 0 Å². The monoisotopic (exact) mass is 390 g/mol. The summed E-state index contributed by atoms with van der Waals surface area (Å²) in [7, 11) is 3.48. The molecule has 1 atom stereocenters. The van der Waals surface area contributed by atoms with Crippen LogP contribution in [0.15, 0.2) is 60.9 Å². The van der Waals surface area contributed by atoms with E-state index in [0.29, 0.717) is 31.0 Å². The first-order valence-corrected chi connectivity index (χ1v) is 9.61. The molecular formula is C22H22N4O3. The topological polar surface area (TPSA) is 59.7 Å². The van der Waals surface area contributed by atoms with Gasteiger partial charge in [-0.15, -0.1) is 0 Å². The zero-order valence-electron chi connectivity index (χ0n) is 16.4. The highest BCUT2D eigenvalue weighted by molar-refractivity contribution is 5.97.